The third kappa shape index (κ3) is 2.47. The first-order valence-corrected chi connectivity index (χ1v) is 5.02. The molecule has 0 fully saturated rings. The summed E-state index contributed by atoms with van der Waals surface area (Å²) in [5.74, 6) is 0.686. The fourth-order valence-electron chi connectivity index (χ4n) is 1.43. The summed E-state index contributed by atoms with van der Waals surface area (Å²) in [5, 5.41) is 9.36. The number of hydrogen-bond donors (Lipinski definition) is 3. The van der Waals surface area contributed by atoms with E-state index < -0.39 is 0 Å². The number of nitrogens with zero attached hydrogens (tertiary/aromatic N) is 2. The number of rotatable bonds is 4. The molecule has 6 nitrogen and oxygen atoms in total. The first kappa shape index (κ1) is 10.4. The Morgan fingerprint density at radius 1 is 1.56 bits per heavy atom. The lowest BCUT2D eigenvalue weighted by molar-refractivity contribution is -0.121. The van der Waals surface area contributed by atoms with E-state index >= 15 is 0 Å². The summed E-state index contributed by atoms with van der Waals surface area (Å²) >= 11 is 0. The molecule has 0 saturated heterocycles. The van der Waals surface area contributed by atoms with Crippen LogP contribution in [0.1, 0.15) is 24.5 Å². The highest BCUT2D eigenvalue weighted by atomic mass is 16.1. The zero-order valence-electron chi connectivity index (χ0n) is 8.90. The van der Waals surface area contributed by atoms with Crippen molar-refractivity contribution in [3.63, 3.8) is 0 Å². The zero-order valence-corrected chi connectivity index (χ0v) is 8.90. The lowest BCUT2D eigenvalue weighted by atomic mass is 10.2. The van der Waals surface area contributed by atoms with Gasteiger partial charge in [-0.15, -0.1) is 0 Å². The lowest BCUT2D eigenvalue weighted by Gasteiger charge is -2.10. The molecule has 84 valence electrons. The molecule has 0 aliphatic carbocycles. The smallest absolute Gasteiger partial charge is 0.226 e. The monoisotopic (exact) mass is 219 g/mol. The van der Waals surface area contributed by atoms with Crippen molar-refractivity contribution in [2.75, 3.05) is 0 Å². The number of hydrogen-bond acceptors (Lipinski definition) is 3. The average molecular weight is 219 g/mol. The molecule has 2 aromatic rings. The van der Waals surface area contributed by atoms with Crippen LogP contribution in [0.2, 0.25) is 0 Å². The van der Waals surface area contributed by atoms with E-state index in [1.165, 1.54) is 0 Å². The Morgan fingerprint density at radius 2 is 2.44 bits per heavy atom. The van der Waals surface area contributed by atoms with Crippen LogP contribution in [-0.2, 0) is 11.2 Å². The highest BCUT2D eigenvalue weighted by molar-refractivity contribution is 5.78. The molecule has 2 rings (SSSR count). The highest BCUT2D eigenvalue weighted by Crippen LogP contribution is 2.05. The van der Waals surface area contributed by atoms with Crippen molar-refractivity contribution in [1.82, 2.24) is 25.5 Å². The molecule has 0 saturated carbocycles. The van der Waals surface area contributed by atoms with Crippen molar-refractivity contribution in [2.45, 2.75) is 19.4 Å². The molecule has 1 atom stereocenters. The van der Waals surface area contributed by atoms with Gasteiger partial charge < -0.3 is 10.3 Å². The number of carbonyl (C=O) groups excluding carboxylic acids is 1. The van der Waals surface area contributed by atoms with Crippen LogP contribution >= 0.6 is 0 Å². The van der Waals surface area contributed by atoms with Gasteiger partial charge in [0.05, 0.1) is 12.5 Å². The van der Waals surface area contributed by atoms with Gasteiger partial charge in [-0.05, 0) is 13.0 Å². The van der Waals surface area contributed by atoms with Gasteiger partial charge in [-0.25, -0.2) is 4.98 Å². The van der Waals surface area contributed by atoms with Crippen molar-refractivity contribution in [2.24, 2.45) is 0 Å². The Balaban J connectivity index is 1.88. The Morgan fingerprint density at radius 3 is 3.06 bits per heavy atom. The minimum Gasteiger partial charge on any atom is -0.347 e. The number of nitrogens with one attached hydrogen (secondary N) is 3. The van der Waals surface area contributed by atoms with Gasteiger partial charge >= 0.3 is 0 Å². The summed E-state index contributed by atoms with van der Waals surface area (Å²) < 4.78 is 0. The fourth-order valence-corrected chi connectivity index (χ4v) is 1.43. The van der Waals surface area contributed by atoms with Gasteiger partial charge in [0.2, 0.25) is 5.91 Å². The first-order valence-electron chi connectivity index (χ1n) is 5.02. The molecule has 0 spiro atoms. The molecule has 1 unspecified atom stereocenters. The normalized spacial score (nSPS) is 12.3. The van der Waals surface area contributed by atoms with Gasteiger partial charge in [-0.1, -0.05) is 0 Å². The molecule has 0 aliphatic rings. The van der Waals surface area contributed by atoms with Crippen LogP contribution in [0.15, 0.2) is 24.7 Å². The quantitative estimate of drug-likeness (QED) is 0.702. The van der Waals surface area contributed by atoms with Crippen LogP contribution in [0.3, 0.4) is 0 Å². The minimum atomic E-state index is -0.120. The largest absolute Gasteiger partial charge is 0.347 e. The van der Waals surface area contributed by atoms with E-state index in [0.29, 0.717) is 6.42 Å². The van der Waals surface area contributed by atoms with Crippen molar-refractivity contribution in [1.29, 1.82) is 0 Å². The second-order valence-electron chi connectivity index (χ2n) is 3.52. The number of amides is 1. The molecule has 6 heteroatoms. The molecular weight excluding hydrogens is 206 g/mol. The standard InChI is InChI=1S/C10H13N5O/c1-7(10-11-4-5-12-10)14-9(16)6-8-2-3-13-15-8/h2-5,7H,6H2,1H3,(H,11,12)(H,13,15)(H,14,16). The van der Waals surface area contributed by atoms with Crippen molar-refractivity contribution >= 4 is 5.91 Å². The molecule has 1 amide bonds. The number of carbonyl (C=O) groups is 1. The number of aromatic amines is 2. The second-order valence-corrected chi connectivity index (χ2v) is 3.52. The van der Waals surface area contributed by atoms with Crippen molar-refractivity contribution in [3.05, 3.63) is 36.2 Å². The van der Waals surface area contributed by atoms with Gasteiger partial charge in [0.1, 0.15) is 5.82 Å². The predicted molar refractivity (Wildman–Crippen MR) is 57.4 cm³/mol. The van der Waals surface area contributed by atoms with E-state index in [9.17, 15) is 4.79 Å². The number of aromatic nitrogens is 4. The van der Waals surface area contributed by atoms with Crippen LogP contribution in [-0.4, -0.2) is 26.1 Å². The zero-order chi connectivity index (χ0) is 11.4. The number of H-pyrrole nitrogens is 2. The van der Waals surface area contributed by atoms with Crippen LogP contribution in [0.25, 0.3) is 0 Å². The molecule has 0 aromatic carbocycles. The van der Waals surface area contributed by atoms with E-state index in [1.54, 1.807) is 24.7 Å². The second kappa shape index (κ2) is 4.61. The number of imidazole rings is 1. The maximum absolute atomic E-state index is 11.6. The molecule has 0 aliphatic heterocycles. The van der Waals surface area contributed by atoms with Gasteiger partial charge in [-0.2, -0.15) is 5.10 Å². The maximum Gasteiger partial charge on any atom is 0.226 e. The van der Waals surface area contributed by atoms with Gasteiger partial charge in [-0.3, -0.25) is 9.89 Å². The molecule has 3 N–H and O–H groups in total. The van der Waals surface area contributed by atoms with E-state index in [0.717, 1.165) is 11.5 Å². The summed E-state index contributed by atoms with van der Waals surface area (Å²) in [6.45, 7) is 1.88. The van der Waals surface area contributed by atoms with Crippen molar-refractivity contribution in [3.8, 4) is 0 Å². The van der Waals surface area contributed by atoms with Crippen LogP contribution in [0.4, 0.5) is 0 Å². The molecule has 16 heavy (non-hydrogen) atoms. The first-order chi connectivity index (χ1) is 7.75. The van der Waals surface area contributed by atoms with Crippen LogP contribution in [0, 0.1) is 0 Å². The Labute approximate surface area is 92.5 Å². The summed E-state index contributed by atoms with van der Waals surface area (Å²) in [5.41, 5.74) is 0.796. The highest BCUT2D eigenvalue weighted by Gasteiger charge is 2.11. The molecular formula is C10H13N5O. The fraction of sp³-hybridized carbons (Fsp3) is 0.300. The van der Waals surface area contributed by atoms with Gasteiger partial charge in [0.25, 0.3) is 0 Å². The van der Waals surface area contributed by atoms with Crippen LogP contribution < -0.4 is 5.32 Å². The SMILES string of the molecule is CC(NC(=O)Cc1ccn[nH]1)c1ncc[nH]1. The van der Waals surface area contributed by atoms with E-state index in [4.69, 9.17) is 0 Å². The average Bonchev–Trinajstić information content (AvgIpc) is 2.88. The maximum atomic E-state index is 11.6. The Bertz CT molecular complexity index is 434. The van der Waals surface area contributed by atoms with E-state index in [-0.39, 0.29) is 11.9 Å². The Hall–Kier alpha value is -2.11. The molecule has 2 aromatic heterocycles. The van der Waals surface area contributed by atoms with Gasteiger partial charge in [0.15, 0.2) is 0 Å². The minimum absolute atomic E-state index is 0.0619. The van der Waals surface area contributed by atoms with E-state index in [1.807, 2.05) is 6.92 Å². The summed E-state index contributed by atoms with van der Waals surface area (Å²) in [6, 6.07) is 1.65. The van der Waals surface area contributed by atoms with Crippen LogP contribution in [0.5, 0.6) is 0 Å². The molecule has 2 heterocycles. The third-order valence-electron chi connectivity index (χ3n) is 2.22. The third-order valence-corrected chi connectivity index (χ3v) is 2.22. The molecule has 0 radical (unpaired) electrons. The van der Waals surface area contributed by atoms with E-state index in [2.05, 4.69) is 25.5 Å². The predicted octanol–water partition coefficient (Wildman–Crippen LogP) is 0.553. The topological polar surface area (TPSA) is 86.5 Å². The summed E-state index contributed by atoms with van der Waals surface area (Å²) in [7, 11) is 0. The summed E-state index contributed by atoms with van der Waals surface area (Å²) in [6.07, 6.45) is 5.31. The summed E-state index contributed by atoms with van der Waals surface area (Å²) in [4.78, 5) is 18.6. The lowest BCUT2D eigenvalue weighted by Crippen LogP contribution is -2.28. The molecule has 0 bridgehead atoms. The van der Waals surface area contributed by atoms with Crippen molar-refractivity contribution < 1.29 is 4.79 Å². The Kier molecular flexibility index (Phi) is 3.00. The van der Waals surface area contributed by atoms with Gasteiger partial charge in [0, 0.05) is 24.3 Å².